The Morgan fingerprint density at radius 2 is 2.08 bits per heavy atom. The predicted molar refractivity (Wildman–Crippen MR) is 132 cm³/mol. The van der Waals surface area contributed by atoms with Gasteiger partial charge in [-0.05, 0) is 36.3 Å². The number of carbonyl (C=O) groups excluding carboxylic acids is 3. The van der Waals surface area contributed by atoms with Crippen LogP contribution in [-0.4, -0.2) is 83.1 Å². The lowest BCUT2D eigenvalue weighted by molar-refractivity contribution is -0.150. The minimum atomic E-state index is -1.23. The third-order valence-corrected chi connectivity index (χ3v) is 8.93. The summed E-state index contributed by atoms with van der Waals surface area (Å²) in [7, 11) is 0. The zero-order valence-electron chi connectivity index (χ0n) is 19.2. The summed E-state index contributed by atoms with van der Waals surface area (Å²) in [5.74, 6) is -2.01. The number of hydrogen-bond donors (Lipinski definition) is 5. The summed E-state index contributed by atoms with van der Waals surface area (Å²) in [6.07, 6.45) is 3.70. The first-order chi connectivity index (χ1) is 17.8. The average molecular weight is 544 g/mol. The fraction of sp³-hybridized carbons (Fsp3) is 0.409. The number of β-lactam (4-membered cyclic amide) rings is 1. The number of imidazole rings is 1. The van der Waals surface area contributed by atoms with Crippen molar-refractivity contribution in [2.45, 2.75) is 35.7 Å². The van der Waals surface area contributed by atoms with Gasteiger partial charge in [-0.25, -0.2) is 14.6 Å². The number of H-pyrrole nitrogens is 2. The van der Waals surface area contributed by atoms with E-state index in [1.165, 1.54) is 23.0 Å². The second-order valence-electron chi connectivity index (χ2n) is 9.02. The highest BCUT2D eigenvalue weighted by Gasteiger charge is 2.55. The Kier molecular flexibility index (Phi) is 5.82. The highest BCUT2D eigenvalue weighted by Crippen LogP contribution is 2.49. The maximum atomic E-state index is 13.1. The van der Waals surface area contributed by atoms with E-state index >= 15 is 0 Å². The number of amides is 3. The van der Waals surface area contributed by atoms with Crippen molar-refractivity contribution in [3.8, 4) is 0 Å². The van der Waals surface area contributed by atoms with Crippen LogP contribution in [0.4, 0.5) is 0 Å². The topological polar surface area (TPSA) is 190 Å². The van der Waals surface area contributed by atoms with E-state index in [-0.39, 0.29) is 23.3 Å². The maximum Gasteiger partial charge on any atom is 0.352 e. The summed E-state index contributed by atoms with van der Waals surface area (Å²) in [5.41, 5.74) is 2.04. The van der Waals surface area contributed by atoms with Gasteiger partial charge in [-0.15, -0.1) is 11.8 Å². The molecule has 1 saturated carbocycles. The molecule has 3 fully saturated rings. The number of rotatable bonds is 7. The second-order valence-corrected chi connectivity index (χ2v) is 11.1. The monoisotopic (exact) mass is 543 g/mol. The molecule has 13 nitrogen and oxygen atoms in total. The number of carboxylic acid groups (broad SMARTS) is 1. The van der Waals surface area contributed by atoms with Gasteiger partial charge in [-0.2, -0.15) is 4.98 Å². The number of aliphatic carboxylic acids is 1. The molecule has 192 valence electrons. The van der Waals surface area contributed by atoms with E-state index in [0.717, 1.165) is 30.2 Å². The van der Waals surface area contributed by atoms with E-state index in [2.05, 4.69) is 30.6 Å². The largest absolute Gasteiger partial charge is 0.477 e. The molecule has 0 aromatic carbocycles. The standard InChI is InChI=1S/C22H21N7O6S2/c30-11(6-36-18-13-16(25-7-24-13)27-22(35)28-18)26-14-19(32)29-15(21(33)34)10(5-37-20(14)29)12(8-1-2-8)9-3-4-23-17(9)31/h7-8,14,20H,1-6H2,(H,23,31)(H,26,30)(H,33,34)(H2,24,25,27,28,35)/t14-,20-/m1/s1. The van der Waals surface area contributed by atoms with Crippen LogP contribution in [0, 0.1) is 5.92 Å². The van der Waals surface area contributed by atoms with Gasteiger partial charge in [0.1, 0.15) is 27.7 Å². The Balaban J connectivity index is 1.19. The van der Waals surface area contributed by atoms with Crippen LogP contribution >= 0.6 is 23.5 Å². The Bertz CT molecular complexity index is 1490. The molecule has 0 bridgehead atoms. The molecule has 1 aliphatic carbocycles. The number of hydrogen-bond acceptors (Lipinski definition) is 9. The summed E-state index contributed by atoms with van der Waals surface area (Å²) < 4.78 is 0. The van der Waals surface area contributed by atoms with Gasteiger partial charge in [0.25, 0.3) is 5.91 Å². The summed E-state index contributed by atoms with van der Waals surface area (Å²) in [6, 6.07) is -0.875. The summed E-state index contributed by atoms with van der Waals surface area (Å²) in [6.45, 7) is 0.517. The van der Waals surface area contributed by atoms with Gasteiger partial charge < -0.3 is 20.7 Å². The van der Waals surface area contributed by atoms with Crippen LogP contribution in [0.15, 0.2) is 38.6 Å². The van der Waals surface area contributed by atoms with Gasteiger partial charge in [-0.3, -0.25) is 24.3 Å². The summed E-state index contributed by atoms with van der Waals surface area (Å²) >= 11 is 2.40. The van der Waals surface area contributed by atoms with Gasteiger partial charge >= 0.3 is 11.7 Å². The third-order valence-electron chi connectivity index (χ3n) is 6.68. The van der Waals surface area contributed by atoms with Crippen LogP contribution in [-0.2, 0) is 19.2 Å². The number of aromatic amines is 2. The molecule has 3 aliphatic heterocycles. The third kappa shape index (κ3) is 4.11. The van der Waals surface area contributed by atoms with E-state index in [9.17, 15) is 29.1 Å². The molecule has 6 rings (SSSR count). The highest BCUT2D eigenvalue weighted by atomic mass is 32.2. The molecule has 2 aromatic heterocycles. The number of aromatic nitrogens is 4. The van der Waals surface area contributed by atoms with Crippen molar-refractivity contribution in [1.82, 2.24) is 35.5 Å². The number of carbonyl (C=O) groups is 4. The van der Waals surface area contributed by atoms with E-state index in [1.54, 1.807) is 0 Å². The molecule has 0 unspecified atom stereocenters. The molecule has 5 N–H and O–H groups in total. The smallest absolute Gasteiger partial charge is 0.352 e. The number of nitrogens with one attached hydrogen (secondary N) is 4. The van der Waals surface area contributed by atoms with Crippen molar-refractivity contribution < 1.29 is 24.3 Å². The lowest BCUT2D eigenvalue weighted by atomic mass is 9.91. The van der Waals surface area contributed by atoms with Crippen LogP contribution in [0.25, 0.3) is 11.2 Å². The predicted octanol–water partition coefficient (Wildman–Crippen LogP) is -0.297. The molecule has 15 heteroatoms. The number of allylic oxidation sites excluding steroid dienone is 1. The van der Waals surface area contributed by atoms with Crippen molar-refractivity contribution in [2.24, 2.45) is 5.92 Å². The Morgan fingerprint density at radius 1 is 1.27 bits per heavy atom. The fourth-order valence-electron chi connectivity index (χ4n) is 4.93. The van der Waals surface area contributed by atoms with Crippen molar-refractivity contribution in [3.05, 3.63) is 39.2 Å². The fourth-order valence-corrected chi connectivity index (χ4v) is 7.10. The van der Waals surface area contributed by atoms with Crippen LogP contribution in [0.5, 0.6) is 0 Å². The molecular weight excluding hydrogens is 522 g/mol. The molecular formula is C22H21N7O6S2. The molecule has 3 amide bonds. The quantitative estimate of drug-likeness (QED) is 0.134. The molecule has 5 heterocycles. The van der Waals surface area contributed by atoms with Crippen LogP contribution < -0.4 is 16.3 Å². The Labute approximate surface area is 216 Å². The number of nitrogens with zero attached hydrogens (tertiary/aromatic N) is 3. The summed E-state index contributed by atoms with van der Waals surface area (Å²) in [5, 5.41) is 15.3. The number of thioether (sulfide) groups is 2. The number of carboxylic acids is 1. The first-order valence-corrected chi connectivity index (χ1v) is 13.6. The molecule has 2 aromatic rings. The second kappa shape index (κ2) is 9.06. The van der Waals surface area contributed by atoms with Crippen molar-refractivity contribution in [1.29, 1.82) is 0 Å². The minimum absolute atomic E-state index is 0.0999. The molecule has 37 heavy (non-hydrogen) atoms. The average Bonchev–Trinajstić information content (AvgIpc) is 3.44. The first-order valence-electron chi connectivity index (χ1n) is 11.6. The Hall–Kier alpha value is -3.59. The molecule has 2 saturated heterocycles. The lowest BCUT2D eigenvalue weighted by Crippen LogP contribution is -2.70. The summed E-state index contributed by atoms with van der Waals surface area (Å²) in [4.78, 5) is 76.6. The van der Waals surface area contributed by atoms with E-state index in [4.69, 9.17) is 0 Å². The van der Waals surface area contributed by atoms with Crippen LogP contribution in [0.3, 0.4) is 0 Å². The molecule has 2 atom stereocenters. The molecule has 0 radical (unpaired) electrons. The zero-order valence-corrected chi connectivity index (χ0v) is 20.8. The van der Waals surface area contributed by atoms with Crippen molar-refractivity contribution in [2.75, 3.05) is 18.1 Å². The van der Waals surface area contributed by atoms with Gasteiger partial charge in [-0.1, -0.05) is 11.8 Å². The van der Waals surface area contributed by atoms with Gasteiger partial charge in [0.05, 0.1) is 12.1 Å². The van der Waals surface area contributed by atoms with E-state index in [0.29, 0.717) is 46.1 Å². The Morgan fingerprint density at radius 3 is 2.78 bits per heavy atom. The highest BCUT2D eigenvalue weighted by molar-refractivity contribution is 8.00. The van der Waals surface area contributed by atoms with Crippen molar-refractivity contribution in [3.63, 3.8) is 0 Å². The molecule has 4 aliphatic rings. The molecule has 0 spiro atoms. The lowest BCUT2D eigenvalue weighted by Gasteiger charge is -2.49. The zero-order chi connectivity index (χ0) is 25.8. The first kappa shape index (κ1) is 23.8. The van der Waals surface area contributed by atoms with Gasteiger partial charge in [0.2, 0.25) is 11.8 Å². The van der Waals surface area contributed by atoms with E-state index in [1.807, 2.05) is 0 Å². The normalized spacial score (nSPS) is 24.6. The van der Waals surface area contributed by atoms with Gasteiger partial charge in [0.15, 0.2) is 5.65 Å². The van der Waals surface area contributed by atoms with E-state index < -0.39 is 34.9 Å². The van der Waals surface area contributed by atoms with Gasteiger partial charge in [0, 0.05) is 17.9 Å². The SMILES string of the molecule is O=C(CSc1nc(=O)[nH]c2nc[nH]c12)N[C@@H]1C(=O)N2C(C(=O)O)=C(C(=C3CCNC3=O)C3CC3)CS[C@H]12. The van der Waals surface area contributed by atoms with Crippen molar-refractivity contribution >= 4 is 58.4 Å². The van der Waals surface area contributed by atoms with Crippen LogP contribution in [0.1, 0.15) is 19.3 Å². The maximum absolute atomic E-state index is 13.1. The number of fused-ring (bicyclic) bond motifs is 2. The minimum Gasteiger partial charge on any atom is -0.477 e. The van der Waals surface area contributed by atoms with Crippen LogP contribution in [0.2, 0.25) is 0 Å².